The van der Waals surface area contributed by atoms with E-state index in [9.17, 15) is 4.79 Å². The van der Waals surface area contributed by atoms with Gasteiger partial charge >= 0.3 is 5.97 Å². The van der Waals surface area contributed by atoms with Crippen molar-refractivity contribution in [2.75, 3.05) is 14.2 Å². The van der Waals surface area contributed by atoms with Gasteiger partial charge in [0.2, 0.25) is 0 Å². The number of halogens is 1. The summed E-state index contributed by atoms with van der Waals surface area (Å²) in [4.78, 5) is 11.3. The number of ether oxygens (including phenoxy) is 2. The van der Waals surface area contributed by atoms with E-state index in [1.807, 2.05) is 0 Å². The summed E-state index contributed by atoms with van der Waals surface area (Å²) >= 11 is 0. The Hall–Kier alpha value is -0.320. The van der Waals surface area contributed by atoms with Crippen molar-refractivity contribution in [1.29, 1.82) is 0 Å². The Morgan fingerprint density at radius 2 is 1.86 bits per heavy atom. The fraction of sp³-hybridized carbons (Fsp3) is 0.889. The summed E-state index contributed by atoms with van der Waals surface area (Å²) < 4.78 is 9.85. The average Bonchev–Trinajstić information content (AvgIpc) is 2.18. The Bertz CT molecular complexity index is 190. The van der Waals surface area contributed by atoms with Gasteiger partial charge in [-0.2, -0.15) is 0 Å². The van der Waals surface area contributed by atoms with E-state index in [1.165, 1.54) is 7.11 Å². The topological polar surface area (TPSA) is 61.5 Å². The molecule has 5 heteroatoms. The summed E-state index contributed by atoms with van der Waals surface area (Å²) in [5, 5.41) is 0. The van der Waals surface area contributed by atoms with Gasteiger partial charge < -0.3 is 15.2 Å². The minimum Gasteiger partial charge on any atom is -0.468 e. The van der Waals surface area contributed by atoms with E-state index < -0.39 is 5.54 Å². The molecule has 0 radical (unpaired) electrons. The minimum atomic E-state index is -0.774. The molecule has 1 aliphatic rings. The molecular formula is C9H18ClNO3. The molecule has 0 aromatic heterocycles. The number of hydrogen-bond acceptors (Lipinski definition) is 4. The third kappa shape index (κ3) is 2.83. The molecule has 0 aliphatic heterocycles. The Labute approximate surface area is 90.5 Å². The maximum atomic E-state index is 11.3. The van der Waals surface area contributed by atoms with Crippen LogP contribution in [-0.2, 0) is 14.3 Å². The van der Waals surface area contributed by atoms with Gasteiger partial charge in [-0.15, -0.1) is 12.4 Å². The summed E-state index contributed by atoms with van der Waals surface area (Å²) in [7, 11) is 3.06. The lowest BCUT2D eigenvalue weighted by molar-refractivity contribution is -0.149. The molecule has 0 spiro atoms. The molecule has 1 rings (SSSR count). The van der Waals surface area contributed by atoms with Crippen molar-refractivity contribution in [2.45, 2.75) is 37.3 Å². The van der Waals surface area contributed by atoms with Gasteiger partial charge in [0.25, 0.3) is 0 Å². The first-order chi connectivity index (χ1) is 6.12. The van der Waals surface area contributed by atoms with E-state index in [2.05, 4.69) is 4.74 Å². The summed E-state index contributed by atoms with van der Waals surface area (Å²) in [6.07, 6.45) is 3.22. The number of hydrogen-bond donors (Lipinski definition) is 1. The SMILES string of the molecule is COC(=O)[C@]1(N)CC[C@H](OC)CC1.Cl. The number of carbonyl (C=O) groups is 1. The molecule has 0 unspecified atom stereocenters. The molecule has 0 aromatic rings. The summed E-state index contributed by atoms with van der Waals surface area (Å²) in [5.74, 6) is -0.304. The zero-order chi connectivity index (χ0) is 9.90. The van der Waals surface area contributed by atoms with Gasteiger partial charge in [0, 0.05) is 7.11 Å². The average molecular weight is 224 g/mol. The number of rotatable bonds is 2. The molecule has 0 amide bonds. The van der Waals surface area contributed by atoms with Crippen molar-refractivity contribution in [3.63, 3.8) is 0 Å². The van der Waals surface area contributed by atoms with E-state index in [-0.39, 0.29) is 24.5 Å². The van der Waals surface area contributed by atoms with Crippen LogP contribution < -0.4 is 5.73 Å². The quantitative estimate of drug-likeness (QED) is 0.706. The fourth-order valence-corrected chi connectivity index (χ4v) is 1.75. The first-order valence-corrected chi connectivity index (χ1v) is 4.52. The second kappa shape index (κ2) is 5.53. The van der Waals surface area contributed by atoms with Gasteiger partial charge in [-0.05, 0) is 25.7 Å². The summed E-state index contributed by atoms with van der Waals surface area (Å²) in [6.45, 7) is 0. The standard InChI is InChI=1S/C9H17NO3.ClH/c1-12-7-3-5-9(10,6-4-7)8(11)13-2;/h7H,3-6,10H2,1-2H3;1H/t7-,9-;. The molecule has 2 N–H and O–H groups in total. The second-order valence-electron chi connectivity index (χ2n) is 3.58. The Balaban J connectivity index is 0.00000169. The highest BCUT2D eigenvalue weighted by molar-refractivity contribution is 5.85. The predicted octanol–water partition coefficient (Wildman–Crippen LogP) is 0.868. The van der Waals surface area contributed by atoms with Crippen LogP contribution in [0.4, 0.5) is 0 Å². The zero-order valence-corrected chi connectivity index (χ0v) is 9.43. The molecule has 0 atom stereocenters. The van der Waals surface area contributed by atoms with Crippen LogP contribution in [0.25, 0.3) is 0 Å². The number of methoxy groups -OCH3 is 2. The van der Waals surface area contributed by atoms with Crippen molar-refractivity contribution in [1.82, 2.24) is 0 Å². The van der Waals surface area contributed by atoms with Crippen LogP contribution in [0, 0.1) is 0 Å². The third-order valence-corrected chi connectivity index (χ3v) is 2.75. The van der Waals surface area contributed by atoms with Crippen LogP contribution >= 0.6 is 12.4 Å². The summed E-state index contributed by atoms with van der Waals surface area (Å²) in [6, 6.07) is 0. The molecule has 4 nitrogen and oxygen atoms in total. The van der Waals surface area contributed by atoms with Crippen LogP contribution in [-0.4, -0.2) is 31.8 Å². The molecule has 84 valence electrons. The van der Waals surface area contributed by atoms with Gasteiger partial charge in [0.15, 0.2) is 0 Å². The van der Waals surface area contributed by atoms with Gasteiger partial charge in [-0.25, -0.2) is 0 Å². The van der Waals surface area contributed by atoms with Gasteiger partial charge in [0.05, 0.1) is 13.2 Å². The molecular weight excluding hydrogens is 206 g/mol. The lowest BCUT2D eigenvalue weighted by atomic mass is 9.81. The molecule has 1 saturated carbocycles. The van der Waals surface area contributed by atoms with Gasteiger partial charge in [-0.3, -0.25) is 4.79 Å². The minimum absolute atomic E-state index is 0. The Morgan fingerprint density at radius 1 is 1.36 bits per heavy atom. The normalized spacial score (nSPS) is 31.8. The lowest BCUT2D eigenvalue weighted by Crippen LogP contribution is -2.52. The molecule has 0 saturated heterocycles. The van der Waals surface area contributed by atoms with Crippen molar-refractivity contribution in [2.24, 2.45) is 5.73 Å². The first-order valence-electron chi connectivity index (χ1n) is 4.52. The van der Waals surface area contributed by atoms with Crippen LogP contribution in [0.3, 0.4) is 0 Å². The number of nitrogens with two attached hydrogens (primary N) is 1. The molecule has 1 fully saturated rings. The molecule has 0 bridgehead atoms. The number of carbonyl (C=O) groups excluding carboxylic acids is 1. The largest absolute Gasteiger partial charge is 0.468 e. The first kappa shape index (κ1) is 13.7. The van der Waals surface area contributed by atoms with E-state index in [0.29, 0.717) is 12.8 Å². The lowest BCUT2D eigenvalue weighted by Gasteiger charge is -2.33. The van der Waals surface area contributed by atoms with Crippen molar-refractivity contribution in [3.8, 4) is 0 Å². The van der Waals surface area contributed by atoms with Crippen molar-refractivity contribution in [3.05, 3.63) is 0 Å². The van der Waals surface area contributed by atoms with E-state index in [0.717, 1.165) is 12.8 Å². The van der Waals surface area contributed by atoms with Crippen LogP contribution in [0.5, 0.6) is 0 Å². The van der Waals surface area contributed by atoms with Crippen LogP contribution in [0.2, 0.25) is 0 Å². The second-order valence-corrected chi connectivity index (χ2v) is 3.58. The predicted molar refractivity (Wildman–Crippen MR) is 55.4 cm³/mol. The highest BCUT2D eigenvalue weighted by Gasteiger charge is 2.39. The van der Waals surface area contributed by atoms with Crippen molar-refractivity contribution < 1.29 is 14.3 Å². The molecule has 1 aliphatic carbocycles. The monoisotopic (exact) mass is 223 g/mol. The van der Waals surface area contributed by atoms with E-state index in [1.54, 1.807) is 7.11 Å². The Kier molecular flexibility index (Phi) is 5.41. The number of esters is 1. The smallest absolute Gasteiger partial charge is 0.325 e. The van der Waals surface area contributed by atoms with Gasteiger partial charge in [0.1, 0.15) is 5.54 Å². The highest BCUT2D eigenvalue weighted by Crippen LogP contribution is 2.28. The zero-order valence-electron chi connectivity index (χ0n) is 8.62. The van der Waals surface area contributed by atoms with E-state index in [4.69, 9.17) is 10.5 Å². The maximum absolute atomic E-state index is 11.3. The molecule has 14 heavy (non-hydrogen) atoms. The third-order valence-electron chi connectivity index (χ3n) is 2.75. The summed E-state index contributed by atoms with van der Waals surface area (Å²) in [5.41, 5.74) is 5.13. The van der Waals surface area contributed by atoms with Crippen LogP contribution in [0.15, 0.2) is 0 Å². The molecule has 0 heterocycles. The fourth-order valence-electron chi connectivity index (χ4n) is 1.75. The van der Waals surface area contributed by atoms with E-state index >= 15 is 0 Å². The molecule has 0 aromatic carbocycles. The van der Waals surface area contributed by atoms with Crippen LogP contribution in [0.1, 0.15) is 25.7 Å². The maximum Gasteiger partial charge on any atom is 0.325 e. The van der Waals surface area contributed by atoms with Crippen molar-refractivity contribution >= 4 is 18.4 Å². The highest BCUT2D eigenvalue weighted by atomic mass is 35.5. The van der Waals surface area contributed by atoms with Gasteiger partial charge in [-0.1, -0.05) is 0 Å². The Morgan fingerprint density at radius 3 is 2.21 bits per heavy atom.